The maximum absolute atomic E-state index is 14.3. The van der Waals surface area contributed by atoms with Gasteiger partial charge in [-0.05, 0) is 29.8 Å². The third kappa shape index (κ3) is 4.17. The van der Waals surface area contributed by atoms with Crippen molar-refractivity contribution in [3.05, 3.63) is 87.9 Å². The summed E-state index contributed by atoms with van der Waals surface area (Å²) in [5, 5.41) is 2.50. The second-order valence-electron chi connectivity index (χ2n) is 5.52. The number of nitrogens with one attached hydrogen (secondary N) is 2. The largest absolute Gasteiger partial charge is 0.460 e. The van der Waals surface area contributed by atoms with Crippen molar-refractivity contribution in [3.8, 4) is 5.75 Å². The highest BCUT2D eigenvalue weighted by atomic mass is 19.1. The highest BCUT2D eigenvalue weighted by Gasteiger charge is 2.24. The van der Waals surface area contributed by atoms with E-state index >= 15 is 0 Å². The normalized spacial score (nSPS) is 11.7. The topological polar surface area (TPSA) is 97.0 Å². The number of benzene rings is 1. The van der Waals surface area contributed by atoms with Gasteiger partial charge >= 0.3 is 0 Å². The van der Waals surface area contributed by atoms with Gasteiger partial charge in [-0.2, -0.15) is 0 Å². The number of carbonyl (C=O) groups excluding carboxylic acids is 1. The van der Waals surface area contributed by atoms with E-state index in [0.717, 1.165) is 30.6 Å². The fourth-order valence-corrected chi connectivity index (χ4v) is 2.46. The molecule has 1 amide bonds. The van der Waals surface area contributed by atoms with Crippen LogP contribution in [0.5, 0.6) is 5.75 Å². The van der Waals surface area contributed by atoms with Gasteiger partial charge in [0.1, 0.15) is 17.2 Å². The molecular formula is C18H13F3N4O3. The van der Waals surface area contributed by atoms with Crippen molar-refractivity contribution < 1.29 is 22.7 Å². The Balaban J connectivity index is 1.99. The number of aromatic amines is 1. The molecule has 1 atom stereocenters. The van der Waals surface area contributed by atoms with Crippen molar-refractivity contribution in [2.75, 3.05) is 6.86 Å². The summed E-state index contributed by atoms with van der Waals surface area (Å²) in [5.41, 5.74) is -0.675. The number of pyridine rings is 1. The number of rotatable bonds is 6. The number of halogens is 3. The van der Waals surface area contributed by atoms with Crippen LogP contribution in [0.4, 0.5) is 13.2 Å². The first-order valence-corrected chi connectivity index (χ1v) is 7.94. The molecule has 144 valence electrons. The molecule has 3 aromatic rings. The Hall–Kier alpha value is -3.69. The number of nitrogens with zero attached hydrogens (tertiary/aromatic N) is 2. The Morgan fingerprint density at radius 3 is 2.68 bits per heavy atom. The Labute approximate surface area is 156 Å². The van der Waals surface area contributed by atoms with E-state index in [-0.39, 0.29) is 22.7 Å². The lowest BCUT2D eigenvalue weighted by Crippen LogP contribution is -2.31. The molecular weight excluding hydrogens is 377 g/mol. The van der Waals surface area contributed by atoms with Gasteiger partial charge in [0.25, 0.3) is 11.5 Å². The number of carbonyl (C=O) groups is 1. The standard InChI is InChI=1S/C18H13F3N4O3/c19-9-28-14-4-3-10(6-12(14)21)16(17-11(20)2-1-5-22-17)25-18(27)13-7-24-15(26)8-23-13/h1-8,16H,9H2,(H,24,26)(H,25,27)/t16-/m0/s1. The predicted molar refractivity (Wildman–Crippen MR) is 91.4 cm³/mol. The zero-order chi connectivity index (χ0) is 20.1. The molecule has 10 heteroatoms. The smallest absolute Gasteiger partial charge is 0.272 e. The van der Waals surface area contributed by atoms with Crippen molar-refractivity contribution in [1.29, 1.82) is 0 Å². The molecule has 0 aliphatic heterocycles. The van der Waals surface area contributed by atoms with Gasteiger partial charge in [-0.15, -0.1) is 0 Å². The molecule has 0 spiro atoms. The number of H-pyrrole nitrogens is 1. The molecule has 28 heavy (non-hydrogen) atoms. The van der Waals surface area contributed by atoms with Crippen LogP contribution in [0, 0.1) is 11.6 Å². The van der Waals surface area contributed by atoms with E-state index in [0.29, 0.717) is 0 Å². The molecule has 0 saturated heterocycles. The summed E-state index contributed by atoms with van der Waals surface area (Å²) in [6.07, 6.45) is 3.31. The number of hydrogen-bond acceptors (Lipinski definition) is 5. The molecule has 3 rings (SSSR count). The number of alkyl halides is 1. The van der Waals surface area contributed by atoms with E-state index in [9.17, 15) is 22.8 Å². The van der Waals surface area contributed by atoms with Crippen molar-refractivity contribution >= 4 is 5.91 Å². The SMILES string of the molecule is O=C(N[C@@H](c1ccc(OCF)c(F)c1)c1ncccc1F)c1c[nH]c(=O)cn1. The van der Waals surface area contributed by atoms with Crippen LogP contribution < -0.4 is 15.6 Å². The van der Waals surface area contributed by atoms with E-state index in [1.807, 2.05) is 0 Å². The maximum Gasteiger partial charge on any atom is 0.272 e. The Kier molecular flexibility index (Phi) is 5.68. The Morgan fingerprint density at radius 2 is 2.04 bits per heavy atom. The van der Waals surface area contributed by atoms with E-state index in [4.69, 9.17) is 0 Å². The van der Waals surface area contributed by atoms with Crippen LogP contribution in [0.15, 0.2) is 53.7 Å². The van der Waals surface area contributed by atoms with Crippen molar-refractivity contribution in [1.82, 2.24) is 20.3 Å². The summed E-state index contributed by atoms with van der Waals surface area (Å²) in [7, 11) is 0. The second-order valence-corrected chi connectivity index (χ2v) is 5.52. The molecule has 2 heterocycles. The van der Waals surface area contributed by atoms with Gasteiger partial charge in [0.2, 0.25) is 6.86 Å². The van der Waals surface area contributed by atoms with Crippen LogP contribution in [-0.2, 0) is 0 Å². The highest BCUT2D eigenvalue weighted by molar-refractivity contribution is 5.92. The summed E-state index contributed by atoms with van der Waals surface area (Å²) in [4.78, 5) is 33.5. The monoisotopic (exact) mass is 390 g/mol. The summed E-state index contributed by atoms with van der Waals surface area (Å²) < 4.78 is 45.2. The Morgan fingerprint density at radius 1 is 1.21 bits per heavy atom. The van der Waals surface area contributed by atoms with Crippen molar-refractivity contribution in [3.63, 3.8) is 0 Å². The molecule has 0 aliphatic carbocycles. The molecule has 0 bridgehead atoms. The quantitative estimate of drug-likeness (QED) is 0.673. The van der Waals surface area contributed by atoms with Crippen LogP contribution in [0.25, 0.3) is 0 Å². The van der Waals surface area contributed by atoms with Gasteiger partial charge in [0.15, 0.2) is 11.6 Å². The maximum atomic E-state index is 14.3. The molecule has 0 fully saturated rings. The zero-order valence-electron chi connectivity index (χ0n) is 14.2. The summed E-state index contributed by atoms with van der Waals surface area (Å²) in [5.74, 6) is -2.71. The molecule has 0 unspecified atom stereocenters. The fourth-order valence-electron chi connectivity index (χ4n) is 2.46. The Bertz CT molecular complexity index is 1040. The third-order valence-corrected chi connectivity index (χ3v) is 3.74. The summed E-state index contributed by atoms with van der Waals surface area (Å²) in [6.45, 7) is -1.22. The van der Waals surface area contributed by atoms with Gasteiger partial charge in [0, 0.05) is 12.4 Å². The van der Waals surface area contributed by atoms with Crippen LogP contribution in [-0.4, -0.2) is 27.7 Å². The number of amides is 1. The molecule has 2 aromatic heterocycles. The van der Waals surface area contributed by atoms with Crippen LogP contribution in [0.1, 0.15) is 27.8 Å². The van der Waals surface area contributed by atoms with Crippen molar-refractivity contribution in [2.24, 2.45) is 0 Å². The molecule has 1 aromatic carbocycles. The summed E-state index contributed by atoms with van der Waals surface area (Å²) in [6, 6.07) is 4.79. The first-order valence-electron chi connectivity index (χ1n) is 7.94. The minimum Gasteiger partial charge on any atom is -0.460 e. The third-order valence-electron chi connectivity index (χ3n) is 3.74. The van der Waals surface area contributed by atoms with Crippen LogP contribution in [0.3, 0.4) is 0 Å². The molecule has 0 aliphatic rings. The fraction of sp³-hybridized carbons (Fsp3) is 0.111. The second kappa shape index (κ2) is 8.33. The van der Waals surface area contributed by atoms with Gasteiger partial charge in [-0.1, -0.05) is 6.07 Å². The molecule has 0 saturated carbocycles. The lowest BCUT2D eigenvalue weighted by molar-refractivity contribution is 0.0936. The van der Waals surface area contributed by atoms with E-state index < -0.39 is 36.0 Å². The highest BCUT2D eigenvalue weighted by Crippen LogP contribution is 2.27. The van der Waals surface area contributed by atoms with E-state index in [1.165, 1.54) is 18.3 Å². The van der Waals surface area contributed by atoms with Crippen LogP contribution in [0.2, 0.25) is 0 Å². The van der Waals surface area contributed by atoms with E-state index in [1.54, 1.807) is 0 Å². The molecule has 7 nitrogen and oxygen atoms in total. The lowest BCUT2D eigenvalue weighted by atomic mass is 10.0. The van der Waals surface area contributed by atoms with Gasteiger partial charge in [-0.25, -0.2) is 18.2 Å². The number of ether oxygens (including phenoxy) is 1. The van der Waals surface area contributed by atoms with Crippen LogP contribution >= 0.6 is 0 Å². The van der Waals surface area contributed by atoms with Gasteiger partial charge in [-0.3, -0.25) is 14.6 Å². The molecule has 2 N–H and O–H groups in total. The predicted octanol–water partition coefficient (Wildman–Crippen LogP) is 2.27. The zero-order valence-corrected chi connectivity index (χ0v) is 14.2. The molecule has 0 radical (unpaired) electrons. The van der Waals surface area contributed by atoms with E-state index in [2.05, 4.69) is 25.0 Å². The minimum absolute atomic E-state index is 0.138. The first kappa shape index (κ1) is 19.1. The minimum atomic E-state index is -1.22. The summed E-state index contributed by atoms with van der Waals surface area (Å²) >= 11 is 0. The first-order chi connectivity index (χ1) is 13.5. The number of aromatic nitrogens is 3. The van der Waals surface area contributed by atoms with Gasteiger partial charge in [0.05, 0.1) is 12.2 Å². The average Bonchev–Trinajstić information content (AvgIpc) is 2.69. The average molecular weight is 390 g/mol. The number of hydrogen-bond donors (Lipinski definition) is 2. The van der Waals surface area contributed by atoms with Crippen molar-refractivity contribution in [2.45, 2.75) is 6.04 Å². The lowest BCUT2D eigenvalue weighted by Gasteiger charge is -2.19. The van der Waals surface area contributed by atoms with Gasteiger partial charge < -0.3 is 15.0 Å².